The van der Waals surface area contributed by atoms with Crippen molar-refractivity contribution in [3.8, 4) is 5.75 Å². The second-order valence-electron chi connectivity index (χ2n) is 5.55. The normalized spacial score (nSPS) is 12.3. The van der Waals surface area contributed by atoms with E-state index >= 15 is 0 Å². The lowest BCUT2D eigenvalue weighted by Gasteiger charge is -2.28. The predicted octanol–water partition coefficient (Wildman–Crippen LogP) is 3.28. The monoisotopic (exact) mass is 400 g/mol. The lowest BCUT2D eigenvalue weighted by molar-refractivity contribution is -0.116. The molecule has 2 rings (SSSR count). The Morgan fingerprint density at radius 1 is 1.23 bits per heavy atom. The number of hydrogen-bond acceptors (Lipinski definition) is 4. The minimum Gasteiger partial charge on any atom is -0.495 e. The van der Waals surface area contributed by atoms with Gasteiger partial charge in [0.2, 0.25) is 15.9 Å². The topological polar surface area (TPSA) is 75.7 Å². The van der Waals surface area contributed by atoms with Crippen LogP contribution in [0.2, 0.25) is 5.02 Å². The Balaban J connectivity index is 2.27. The van der Waals surface area contributed by atoms with Gasteiger partial charge in [-0.15, -0.1) is 0 Å². The Morgan fingerprint density at radius 3 is 2.35 bits per heavy atom. The van der Waals surface area contributed by atoms with E-state index in [1.807, 2.05) is 0 Å². The Hall–Kier alpha value is -2.32. The summed E-state index contributed by atoms with van der Waals surface area (Å²) < 4.78 is 43.4. The maximum atomic E-state index is 13.1. The average Bonchev–Trinajstić information content (AvgIpc) is 2.55. The van der Waals surface area contributed by atoms with Crippen molar-refractivity contribution in [3.05, 3.63) is 53.3 Å². The number of amides is 1. The predicted molar refractivity (Wildman–Crippen MR) is 99.8 cm³/mol. The number of ether oxygens (including phenoxy) is 1. The van der Waals surface area contributed by atoms with Crippen molar-refractivity contribution in [1.29, 1.82) is 0 Å². The van der Waals surface area contributed by atoms with Crippen LogP contribution < -0.4 is 14.4 Å². The molecule has 0 heterocycles. The SMILES string of the molecule is COc1ccc(NC(=O)[C@H](C)N(c2ccc(F)cc2)S(C)(=O)=O)cc1Cl. The molecule has 6 nitrogen and oxygen atoms in total. The molecule has 140 valence electrons. The third-order valence-corrected chi connectivity index (χ3v) is 5.13. The number of hydrogen-bond donors (Lipinski definition) is 1. The van der Waals surface area contributed by atoms with E-state index in [1.54, 1.807) is 12.1 Å². The number of benzene rings is 2. The molecule has 26 heavy (non-hydrogen) atoms. The molecule has 0 spiro atoms. The summed E-state index contributed by atoms with van der Waals surface area (Å²) in [5, 5.41) is 2.91. The Kier molecular flexibility index (Phi) is 6.09. The Bertz CT molecular complexity index is 903. The molecule has 0 aliphatic heterocycles. The van der Waals surface area contributed by atoms with Gasteiger partial charge in [0.15, 0.2) is 0 Å². The molecule has 0 fully saturated rings. The molecule has 0 radical (unpaired) electrons. The first-order valence-corrected chi connectivity index (χ1v) is 9.75. The van der Waals surface area contributed by atoms with Crippen molar-refractivity contribution in [2.24, 2.45) is 0 Å². The lowest BCUT2D eigenvalue weighted by atomic mass is 10.2. The first kappa shape index (κ1) is 20.0. The summed E-state index contributed by atoms with van der Waals surface area (Å²) in [5.41, 5.74) is 0.574. The van der Waals surface area contributed by atoms with Crippen molar-refractivity contribution in [1.82, 2.24) is 0 Å². The highest BCUT2D eigenvalue weighted by atomic mass is 35.5. The van der Waals surface area contributed by atoms with Gasteiger partial charge in [0.25, 0.3) is 0 Å². The molecule has 0 saturated carbocycles. The molecule has 1 N–H and O–H groups in total. The number of carbonyl (C=O) groups is 1. The zero-order valence-electron chi connectivity index (χ0n) is 14.4. The standard InChI is InChI=1S/C17H18ClFN2O4S/c1-11(17(22)20-13-6-9-16(25-2)15(18)10-13)21(26(3,23)24)14-7-4-12(19)5-8-14/h4-11H,1-3H3,(H,20,22)/t11-/m0/s1. The van der Waals surface area contributed by atoms with Crippen LogP contribution in [0.3, 0.4) is 0 Å². The molecule has 9 heteroatoms. The minimum atomic E-state index is -3.78. The number of rotatable bonds is 6. The summed E-state index contributed by atoms with van der Waals surface area (Å²) in [6.07, 6.45) is 0.977. The molecule has 0 unspecified atom stereocenters. The van der Waals surface area contributed by atoms with Gasteiger partial charge in [-0.05, 0) is 49.4 Å². The van der Waals surface area contributed by atoms with E-state index in [-0.39, 0.29) is 5.69 Å². The molecular weight excluding hydrogens is 383 g/mol. The fourth-order valence-electron chi connectivity index (χ4n) is 2.39. The minimum absolute atomic E-state index is 0.185. The van der Waals surface area contributed by atoms with Crippen LogP contribution in [0, 0.1) is 5.82 Å². The average molecular weight is 401 g/mol. The highest BCUT2D eigenvalue weighted by molar-refractivity contribution is 7.92. The fourth-order valence-corrected chi connectivity index (χ4v) is 3.82. The highest BCUT2D eigenvalue weighted by Crippen LogP contribution is 2.28. The van der Waals surface area contributed by atoms with Gasteiger partial charge in [0.1, 0.15) is 17.6 Å². The molecule has 0 bridgehead atoms. The highest BCUT2D eigenvalue weighted by Gasteiger charge is 2.29. The van der Waals surface area contributed by atoms with Crippen molar-refractivity contribution in [2.75, 3.05) is 23.0 Å². The molecule has 0 aromatic heterocycles. The molecule has 1 atom stereocenters. The summed E-state index contributed by atoms with van der Waals surface area (Å²) in [6.45, 7) is 1.44. The zero-order valence-corrected chi connectivity index (χ0v) is 15.9. The van der Waals surface area contributed by atoms with Gasteiger partial charge in [0.05, 0.1) is 24.1 Å². The van der Waals surface area contributed by atoms with E-state index in [9.17, 15) is 17.6 Å². The molecule has 0 aliphatic carbocycles. The molecule has 1 amide bonds. The maximum Gasteiger partial charge on any atom is 0.247 e. The second kappa shape index (κ2) is 7.92. The van der Waals surface area contributed by atoms with Crippen LogP contribution >= 0.6 is 11.6 Å². The summed E-state index contributed by atoms with van der Waals surface area (Å²) in [6, 6.07) is 8.43. The van der Waals surface area contributed by atoms with Gasteiger partial charge in [-0.3, -0.25) is 9.10 Å². The summed E-state index contributed by atoms with van der Waals surface area (Å²) >= 11 is 6.02. The molecule has 0 saturated heterocycles. The van der Waals surface area contributed by atoms with Gasteiger partial charge < -0.3 is 10.1 Å². The number of sulfonamides is 1. The summed E-state index contributed by atoms with van der Waals surface area (Å²) in [5.74, 6) is -0.630. The number of anilines is 2. The number of halogens is 2. The van der Waals surface area contributed by atoms with E-state index in [1.165, 1.54) is 32.2 Å². The van der Waals surface area contributed by atoms with Crippen molar-refractivity contribution >= 4 is 38.9 Å². The third kappa shape index (κ3) is 4.64. The van der Waals surface area contributed by atoms with Gasteiger partial charge in [-0.2, -0.15) is 0 Å². The van der Waals surface area contributed by atoms with Crippen molar-refractivity contribution < 1.29 is 22.3 Å². The summed E-state index contributed by atoms with van der Waals surface area (Å²) in [7, 11) is -2.32. The van der Waals surface area contributed by atoms with E-state index in [0.29, 0.717) is 16.5 Å². The van der Waals surface area contributed by atoms with Crippen LogP contribution in [0.4, 0.5) is 15.8 Å². The van der Waals surface area contributed by atoms with Crippen LogP contribution in [0.15, 0.2) is 42.5 Å². The lowest BCUT2D eigenvalue weighted by Crippen LogP contribution is -2.45. The number of carbonyl (C=O) groups excluding carboxylic acids is 1. The fraction of sp³-hybridized carbons (Fsp3) is 0.235. The third-order valence-electron chi connectivity index (χ3n) is 3.59. The molecule has 2 aromatic carbocycles. The first-order valence-electron chi connectivity index (χ1n) is 7.53. The van der Waals surface area contributed by atoms with Gasteiger partial charge >= 0.3 is 0 Å². The molecule has 2 aromatic rings. The van der Waals surface area contributed by atoms with Crippen LogP contribution in [0.5, 0.6) is 5.75 Å². The van der Waals surface area contributed by atoms with Crippen LogP contribution in [-0.2, 0) is 14.8 Å². The zero-order chi connectivity index (χ0) is 19.5. The number of nitrogens with zero attached hydrogens (tertiary/aromatic N) is 1. The van der Waals surface area contributed by atoms with Crippen LogP contribution in [-0.4, -0.2) is 33.7 Å². The van der Waals surface area contributed by atoms with E-state index in [2.05, 4.69) is 5.32 Å². The van der Waals surface area contributed by atoms with Crippen molar-refractivity contribution in [3.63, 3.8) is 0 Å². The Morgan fingerprint density at radius 2 is 1.85 bits per heavy atom. The van der Waals surface area contributed by atoms with Gasteiger partial charge in [-0.25, -0.2) is 12.8 Å². The molecule has 0 aliphatic rings. The van der Waals surface area contributed by atoms with E-state index in [0.717, 1.165) is 22.7 Å². The number of nitrogens with one attached hydrogen (secondary N) is 1. The van der Waals surface area contributed by atoms with Crippen molar-refractivity contribution in [2.45, 2.75) is 13.0 Å². The molecular formula is C17H18ClFN2O4S. The van der Waals surface area contributed by atoms with Gasteiger partial charge in [0, 0.05) is 5.69 Å². The quantitative estimate of drug-likeness (QED) is 0.807. The van der Waals surface area contributed by atoms with Crippen LogP contribution in [0.25, 0.3) is 0 Å². The van der Waals surface area contributed by atoms with Crippen LogP contribution in [0.1, 0.15) is 6.92 Å². The van der Waals surface area contributed by atoms with E-state index in [4.69, 9.17) is 16.3 Å². The van der Waals surface area contributed by atoms with Gasteiger partial charge in [-0.1, -0.05) is 11.6 Å². The summed E-state index contributed by atoms with van der Waals surface area (Å²) in [4.78, 5) is 12.5. The van der Waals surface area contributed by atoms with E-state index < -0.39 is 27.8 Å². The smallest absolute Gasteiger partial charge is 0.247 e. The second-order valence-corrected chi connectivity index (χ2v) is 7.82. The first-order chi connectivity index (χ1) is 12.1. The Labute approximate surface area is 156 Å². The largest absolute Gasteiger partial charge is 0.495 e. The maximum absolute atomic E-state index is 13.1. The number of methoxy groups -OCH3 is 1.